The number of ether oxygens (including phenoxy) is 2. The fourth-order valence-electron chi connectivity index (χ4n) is 2.76. The molecule has 0 spiro atoms. The zero-order valence-electron chi connectivity index (χ0n) is 15.6. The molecule has 28 heavy (non-hydrogen) atoms. The zero-order valence-corrected chi connectivity index (χ0v) is 17.1. The minimum absolute atomic E-state index is 0.0224. The van der Waals surface area contributed by atoms with Gasteiger partial charge in [-0.15, -0.1) is 0 Å². The van der Waals surface area contributed by atoms with Crippen LogP contribution in [-0.4, -0.2) is 34.9 Å². The molecule has 0 radical (unpaired) electrons. The second-order valence-corrected chi connectivity index (χ2v) is 6.84. The van der Waals surface area contributed by atoms with Gasteiger partial charge in [0.1, 0.15) is 18.0 Å². The van der Waals surface area contributed by atoms with E-state index in [1.54, 1.807) is 16.7 Å². The van der Waals surface area contributed by atoms with E-state index in [1.807, 2.05) is 31.2 Å². The molecule has 7 nitrogen and oxygen atoms in total. The molecular weight excluding hydrogens is 400 g/mol. The Morgan fingerprint density at radius 1 is 1.25 bits per heavy atom. The summed E-state index contributed by atoms with van der Waals surface area (Å²) in [5.74, 6) is 1.18. The number of hydrogen-bond acceptors (Lipinski definition) is 5. The average molecular weight is 419 g/mol. The molecule has 3 aromatic rings. The number of amides is 1. The summed E-state index contributed by atoms with van der Waals surface area (Å²) in [4.78, 5) is 12.7. The highest BCUT2D eigenvalue weighted by Gasteiger charge is 2.16. The van der Waals surface area contributed by atoms with Crippen LogP contribution < -0.4 is 14.8 Å². The summed E-state index contributed by atoms with van der Waals surface area (Å²) in [5.41, 5.74) is 2.38. The van der Waals surface area contributed by atoms with Crippen molar-refractivity contribution in [1.29, 1.82) is 0 Å². The second kappa shape index (κ2) is 8.45. The molecular formula is C19H19ClN4O3S. The lowest BCUT2D eigenvalue weighted by molar-refractivity contribution is -0.116. The summed E-state index contributed by atoms with van der Waals surface area (Å²) in [6.45, 7) is 1.97. The van der Waals surface area contributed by atoms with Crippen LogP contribution in [-0.2, 0) is 11.3 Å². The Morgan fingerprint density at radius 2 is 2.00 bits per heavy atom. The highest BCUT2D eigenvalue weighted by atomic mass is 35.5. The first-order chi connectivity index (χ1) is 13.4. The van der Waals surface area contributed by atoms with Crippen molar-refractivity contribution in [3.8, 4) is 22.9 Å². The van der Waals surface area contributed by atoms with Gasteiger partial charge in [-0.2, -0.15) is 5.10 Å². The number of nitrogens with zero attached hydrogens (tertiary/aromatic N) is 2. The van der Waals surface area contributed by atoms with Crippen molar-refractivity contribution in [1.82, 2.24) is 14.8 Å². The van der Waals surface area contributed by atoms with Gasteiger partial charge in [0.2, 0.25) is 5.91 Å². The first-order valence-corrected chi connectivity index (χ1v) is 9.15. The van der Waals surface area contributed by atoms with Gasteiger partial charge in [0.05, 0.1) is 24.9 Å². The third kappa shape index (κ3) is 4.18. The van der Waals surface area contributed by atoms with Gasteiger partial charge in [-0.3, -0.25) is 14.5 Å². The van der Waals surface area contributed by atoms with Crippen LogP contribution in [0.1, 0.15) is 5.56 Å². The van der Waals surface area contributed by atoms with Gasteiger partial charge in [-0.1, -0.05) is 35.4 Å². The largest absolute Gasteiger partial charge is 0.495 e. The van der Waals surface area contributed by atoms with E-state index in [2.05, 4.69) is 15.5 Å². The van der Waals surface area contributed by atoms with E-state index >= 15 is 0 Å². The first kappa shape index (κ1) is 19.9. The van der Waals surface area contributed by atoms with Gasteiger partial charge in [0.25, 0.3) is 0 Å². The van der Waals surface area contributed by atoms with Crippen molar-refractivity contribution >= 4 is 35.4 Å². The smallest absolute Gasteiger partial charge is 0.244 e. The van der Waals surface area contributed by atoms with E-state index in [0.717, 1.165) is 11.1 Å². The van der Waals surface area contributed by atoms with Crippen LogP contribution in [0.15, 0.2) is 36.4 Å². The van der Waals surface area contributed by atoms with E-state index in [9.17, 15) is 4.79 Å². The lowest BCUT2D eigenvalue weighted by Gasteiger charge is -2.14. The molecule has 3 rings (SSSR count). The number of aryl methyl sites for hydroxylation is 1. The van der Waals surface area contributed by atoms with E-state index in [1.165, 1.54) is 14.2 Å². The van der Waals surface area contributed by atoms with Gasteiger partial charge in [-0.05, 0) is 31.3 Å². The summed E-state index contributed by atoms with van der Waals surface area (Å²) < 4.78 is 12.5. The van der Waals surface area contributed by atoms with Gasteiger partial charge in [0.15, 0.2) is 10.6 Å². The predicted octanol–water partition coefficient (Wildman–Crippen LogP) is 4.23. The monoisotopic (exact) mass is 418 g/mol. The van der Waals surface area contributed by atoms with Crippen molar-refractivity contribution in [3.63, 3.8) is 0 Å². The first-order valence-electron chi connectivity index (χ1n) is 8.36. The quantitative estimate of drug-likeness (QED) is 0.585. The van der Waals surface area contributed by atoms with Gasteiger partial charge >= 0.3 is 0 Å². The molecule has 0 aliphatic carbocycles. The molecule has 0 fully saturated rings. The fourth-order valence-corrected chi connectivity index (χ4v) is 3.20. The summed E-state index contributed by atoms with van der Waals surface area (Å²) in [6.07, 6.45) is 0. The van der Waals surface area contributed by atoms with Crippen molar-refractivity contribution in [3.05, 3.63) is 51.8 Å². The number of nitrogens with one attached hydrogen (secondary N) is 2. The number of carbonyl (C=O) groups is 1. The average Bonchev–Trinajstić information content (AvgIpc) is 3.02. The highest BCUT2D eigenvalue weighted by Crippen LogP contribution is 2.35. The number of aromatic nitrogens is 3. The number of methoxy groups -OCH3 is 2. The van der Waals surface area contributed by atoms with Crippen LogP contribution in [0.4, 0.5) is 5.69 Å². The molecule has 2 aromatic carbocycles. The minimum atomic E-state index is -0.300. The van der Waals surface area contributed by atoms with Crippen LogP contribution in [0.5, 0.6) is 11.5 Å². The Balaban J connectivity index is 1.86. The number of halogens is 1. The third-order valence-electron chi connectivity index (χ3n) is 4.08. The molecule has 146 valence electrons. The van der Waals surface area contributed by atoms with Gasteiger partial charge in [-0.25, -0.2) is 0 Å². The zero-order chi connectivity index (χ0) is 20.3. The number of hydrogen-bond donors (Lipinski definition) is 2. The van der Waals surface area contributed by atoms with E-state index < -0.39 is 0 Å². The lowest BCUT2D eigenvalue weighted by Crippen LogP contribution is -2.20. The van der Waals surface area contributed by atoms with Crippen molar-refractivity contribution in [2.24, 2.45) is 0 Å². The molecule has 1 amide bonds. The Bertz CT molecular complexity index is 1080. The fraction of sp³-hybridized carbons (Fsp3) is 0.211. The van der Waals surface area contributed by atoms with Crippen LogP contribution in [0.25, 0.3) is 11.4 Å². The normalized spacial score (nSPS) is 10.6. The Morgan fingerprint density at radius 3 is 2.68 bits per heavy atom. The van der Waals surface area contributed by atoms with Gasteiger partial charge in [0, 0.05) is 11.6 Å². The van der Waals surface area contributed by atoms with E-state index in [0.29, 0.717) is 32.8 Å². The maximum absolute atomic E-state index is 12.7. The van der Waals surface area contributed by atoms with Gasteiger partial charge < -0.3 is 14.8 Å². The minimum Gasteiger partial charge on any atom is -0.495 e. The highest BCUT2D eigenvalue weighted by molar-refractivity contribution is 7.71. The summed E-state index contributed by atoms with van der Waals surface area (Å²) in [5, 5.41) is 10.2. The summed E-state index contributed by atoms with van der Waals surface area (Å²) in [7, 11) is 3.01. The number of anilines is 1. The molecule has 9 heteroatoms. The molecule has 0 bridgehead atoms. The molecule has 0 unspecified atom stereocenters. The lowest BCUT2D eigenvalue weighted by atomic mass is 10.1. The standard InChI is InChI=1S/C19H19ClN4O3S/c1-11-5-4-6-12(7-11)18-22-23-19(28)24(18)10-17(25)21-14-8-13(20)15(26-2)9-16(14)27-3/h4-9H,10H2,1-3H3,(H,21,25)(H,23,28). The number of benzene rings is 2. The molecule has 1 heterocycles. The predicted molar refractivity (Wildman–Crippen MR) is 111 cm³/mol. The van der Waals surface area contributed by atoms with E-state index in [4.69, 9.17) is 33.3 Å². The SMILES string of the molecule is COc1cc(OC)c(NC(=O)Cn2c(-c3cccc(C)c3)n[nH]c2=S)cc1Cl. The Kier molecular flexibility index (Phi) is 6.01. The number of aromatic amines is 1. The third-order valence-corrected chi connectivity index (χ3v) is 4.69. The molecule has 0 aliphatic rings. The Labute approximate surface area is 172 Å². The number of carbonyl (C=O) groups excluding carboxylic acids is 1. The van der Waals surface area contributed by atoms with Crippen LogP contribution in [0.2, 0.25) is 5.02 Å². The molecule has 0 saturated heterocycles. The van der Waals surface area contributed by atoms with Crippen LogP contribution >= 0.6 is 23.8 Å². The summed E-state index contributed by atoms with van der Waals surface area (Å²) in [6, 6.07) is 11.0. The maximum atomic E-state index is 12.7. The molecule has 0 atom stereocenters. The topological polar surface area (TPSA) is 81.2 Å². The van der Waals surface area contributed by atoms with Crippen LogP contribution in [0.3, 0.4) is 0 Å². The summed E-state index contributed by atoms with van der Waals surface area (Å²) >= 11 is 11.5. The van der Waals surface area contributed by atoms with Crippen molar-refractivity contribution in [2.75, 3.05) is 19.5 Å². The molecule has 0 aliphatic heterocycles. The van der Waals surface area contributed by atoms with Crippen molar-refractivity contribution in [2.45, 2.75) is 13.5 Å². The number of H-pyrrole nitrogens is 1. The Hall–Kier alpha value is -2.84. The molecule has 1 aromatic heterocycles. The molecule has 2 N–H and O–H groups in total. The van der Waals surface area contributed by atoms with Crippen LogP contribution in [0, 0.1) is 11.7 Å². The van der Waals surface area contributed by atoms with E-state index in [-0.39, 0.29) is 12.5 Å². The second-order valence-electron chi connectivity index (χ2n) is 6.04. The molecule has 0 saturated carbocycles. The maximum Gasteiger partial charge on any atom is 0.244 e. The number of rotatable bonds is 6. The van der Waals surface area contributed by atoms with Crippen molar-refractivity contribution < 1.29 is 14.3 Å².